The van der Waals surface area contributed by atoms with E-state index < -0.39 is 18.0 Å². The number of para-hydroxylation sites is 1. The number of halogens is 3. The van der Waals surface area contributed by atoms with Crippen molar-refractivity contribution in [3.8, 4) is 5.75 Å². The Morgan fingerprint density at radius 3 is 2.31 bits per heavy atom. The number of carbonyl (C=O) groups is 2. The molecular weight excluding hydrogens is 385 g/mol. The Bertz CT molecular complexity index is 902. The molecule has 0 bridgehead atoms. The zero-order valence-electron chi connectivity index (χ0n) is 15.4. The summed E-state index contributed by atoms with van der Waals surface area (Å²) in [5.41, 5.74) is 1.13. The number of anilines is 1. The van der Waals surface area contributed by atoms with Crippen LogP contribution in [0, 0.1) is 0 Å². The van der Waals surface area contributed by atoms with Gasteiger partial charge in [-0.1, -0.05) is 18.2 Å². The largest absolute Gasteiger partial charge is 0.573 e. The molecule has 0 spiro atoms. The highest BCUT2D eigenvalue weighted by molar-refractivity contribution is 6.02. The van der Waals surface area contributed by atoms with E-state index in [0.717, 1.165) is 32.0 Å². The fraction of sp³-hybridized carbons (Fsp3) is 0.238. The molecule has 1 aliphatic heterocycles. The van der Waals surface area contributed by atoms with Crippen molar-refractivity contribution in [3.05, 3.63) is 65.7 Å². The maximum Gasteiger partial charge on any atom is 0.573 e. The van der Waals surface area contributed by atoms with Crippen molar-refractivity contribution in [1.82, 2.24) is 4.90 Å². The third-order valence-corrected chi connectivity index (χ3v) is 4.35. The molecule has 2 amide bonds. The van der Waals surface area contributed by atoms with Gasteiger partial charge in [0.2, 0.25) is 5.91 Å². The number of ether oxygens (including phenoxy) is 1. The normalized spacial score (nSPS) is 14.2. The van der Waals surface area contributed by atoms with Crippen molar-refractivity contribution >= 4 is 23.6 Å². The molecule has 5 nitrogen and oxygen atoms in total. The lowest BCUT2D eigenvalue weighted by Gasteiger charge is -2.15. The number of nitrogens with one attached hydrogen (secondary N) is 1. The molecule has 0 aromatic heterocycles. The van der Waals surface area contributed by atoms with Gasteiger partial charge in [-0.2, -0.15) is 0 Å². The Morgan fingerprint density at radius 2 is 1.66 bits per heavy atom. The maximum absolute atomic E-state index is 12.4. The third-order valence-electron chi connectivity index (χ3n) is 4.35. The zero-order chi connectivity index (χ0) is 20.9. The van der Waals surface area contributed by atoms with Crippen LogP contribution in [0.3, 0.4) is 0 Å². The summed E-state index contributed by atoms with van der Waals surface area (Å²) in [6.45, 7) is 1.50. The first-order valence-electron chi connectivity index (χ1n) is 9.05. The summed E-state index contributed by atoms with van der Waals surface area (Å²) in [6.07, 6.45) is -0.462. The topological polar surface area (TPSA) is 58.6 Å². The fourth-order valence-electron chi connectivity index (χ4n) is 2.98. The molecule has 1 N–H and O–H groups in total. The van der Waals surface area contributed by atoms with Gasteiger partial charge in [-0.15, -0.1) is 13.2 Å². The second-order valence-electron chi connectivity index (χ2n) is 6.48. The molecule has 1 fully saturated rings. The zero-order valence-corrected chi connectivity index (χ0v) is 15.4. The van der Waals surface area contributed by atoms with E-state index in [1.54, 1.807) is 29.2 Å². The van der Waals surface area contributed by atoms with Gasteiger partial charge in [-0.05, 0) is 49.2 Å². The van der Waals surface area contributed by atoms with Crippen molar-refractivity contribution in [2.45, 2.75) is 19.2 Å². The lowest BCUT2D eigenvalue weighted by atomic mass is 10.1. The highest BCUT2D eigenvalue weighted by Gasteiger charge is 2.31. The Labute approximate surface area is 165 Å². The summed E-state index contributed by atoms with van der Waals surface area (Å²) in [5.74, 6) is -0.958. The van der Waals surface area contributed by atoms with Gasteiger partial charge in [0.05, 0.1) is 0 Å². The summed E-state index contributed by atoms with van der Waals surface area (Å²) in [6, 6.07) is 12.0. The molecule has 1 heterocycles. The first kappa shape index (κ1) is 20.4. The van der Waals surface area contributed by atoms with Crippen LogP contribution in [0.5, 0.6) is 5.75 Å². The molecule has 2 aromatic carbocycles. The first-order valence-corrected chi connectivity index (χ1v) is 9.05. The minimum Gasteiger partial charge on any atom is -0.405 e. The molecule has 0 atom stereocenters. The van der Waals surface area contributed by atoms with Gasteiger partial charge in [0.15, 0.2) is 0 Å². The second-order valence-corrected chi connectivity index (χ2v) is 6.48. The quantitative estimate of drug-likeness (QED) is 0.748. The molecule has 0 saturated carbocycles. The van der Waals surface area contributed by atoms with Gasteiger partial charge in [0.25, 0.3) is 5.91 Å². The molecule has 3 rings (SSSR count). The molecule has 0 aliphatic carbocycles. The Morgan fingerprint density at radius 1 is 1.00 bits per heavy atom. The number of hydrogen-bond donors (Lipinski definition) is 1. The van der Waals surface area contributed by atoms with Crippen molar-refractivity contribution in [2.24, 2.45) is 0 Å². The maximum atomic E-state index is 12.4. The lowest BCUT2D eigenvalue weighted by molar-refractivity contribution is -0.274. The average molecular weight is 404 g/mol. The second kappa shape index (κ2) is 8.81. The van der Waals surface area contributed by atoms with Crippen LogP contribution in [0.2, 0.25) is 0 Å². The minimum atomic E-state index is -4.82. The van der Waals surface area contributed by atoms with Crippen LogP contribution in [0.4, 0.5) is 18.9 Å². The van der Waals surface area contributed by atoms with Gasteiger partial charge in [-0.25, -0.2) is 0 Å². The van der Waals surface area contributed by atoms with Crippen LogP contribution in [-0.2, 0) is 4.79 Å². The number of carbonyl (C=O) groups excluding carboxylic acids is 2. The van der Waals surface area contributed by atoms with Crippen molar-refractivity contribution < 1.29 is 27.5 Å². The summed E-state index contributed by atoms with van der Waals surface area (Å²) in [5, 5.41) is 2.60. The Balaban J connectivity index is 1.62. The van der Waals surface area contributed by atoms with E-state index in [1.165, 1.54) is 30.3 Å². The fourth-order valence-corrected chi connectivity index (χ4v) is 2.98. The third kappa shape index (κ3) is 5.84. The molecule has 152 valence electrons. The molecule has 29 heavy (non-hydrogen) atoms. The van der Waals surface area contributed by atoms with Crippen molar-refractivity contribution in [1.29, 1.82) is 0 Å². The number of nitrogens with zero attached hydrogens (tertiary/aromatic N) is 1. The molecule has 1 saturated heterocycles. The van der Waals surface area contributed by atoms with Crippen LogP contribution in [0.25, 0.3) is 6.08 Å². The smallest absolute Gasteiger partial charge is 0.405 e. The number of amides is 2. The average Bonchev–Trinajstić information content (AvgIpc) is 3.21. The van der Waals surface area contributed by atoms with E-state index in [1.807, 2.05) is 0 Å². The van der Waals surface area contributed by atoms with Gasteiger partial charge in [0, 0.05) is 36.0 Å². The van der Waals surface area contributed by atoms with E-state index in [0.29, 0.717) is 11.3 Å². The van der Waals surface area contributed by atoms with E-state index >= 15 is 0 Å². The standard InChI is InChI=1S/C21H19F3N2O3/c22-21(23,24)29-18-6-2-1-5-15(18)9-12-19(27)25-17-10-7-16(8-11-17)20(28)26-13-3-4-14-26/h1-2,5-12H,3-4,13-14H2,(H,25,27)/b12-9+. The summed E-state index contributed by atoms with van der Waals surface area (Å²) in [4.78, 5) is 26.2. The lowest BCUT2D eigenvalue weighted by Crippen LogP contribution is -2.27. The molecule has 0 radical (unpaired) electrons. The van der Waals surface area contributed by atoms with Crippen LogP contribution < -0.4 is 10.1 Å². The Hall–Kier alpha value is -3.29. The molecule has 0 unspecified atom stereocenters. The van der Waals surface area contributed by atoms with Crippen LogP contribution in [0.15, 0.2) is 54.6 Å². The molecule has 8 heteroatoms. The number of rotatable bonds is 5. The van der Waals surface area contributed by atoms with E-state index in [9.17, 15) is 22.8 Å². The minimum absolute atomic E-state index is 0.0402. The van der Waals surface area contributed by atoms with Crippen LogP contribution in [0.1, 0.15) is 28.8 Å². The number of likely N-dealkylation sites (tertiary alicyclic amines) is 1. The Kier molecular flexibility index (Phi) is 6.21. The van der Waals surface area contributed by atoms with Crippen molar-refractivity contribution in [3.63, 3.8) is 0 Å². The van der Waals surface area contributed by atoms with Crippen LogP contribution in [-0.4, -0.2) is 36.2 Å². The van der Waals surface area contributed by atoms with E-state index in [4.69, 9.17) is 0 Å². The number of benzene rings is 2. The summed E-state index contributed by atoms with van der Waals surface area (Å²) >= 11 is 0. The first-order chi connectivity index (χ1) is 13.8. The predicted molar refractivity (Wildman–Crippen MR) is 102 cm³/mol. The highest BCUT2D eigenvalue weighted by atomic mass is 19.4. The number of hydrogen-bond acceptors (Lipinski definition) is 3. The SMILES string of the molecule is O=C(/C=C/c1ccccc1OC(F)(F)F)Nc1ccc(C(=O)N2CCCC2)cc1. The number of alkyl halides is 3. The summed E-state index contributed by atoms with van der Waals surface area (Å²) < 4.78 is 41.3. The monoisotopic (exact) mass is 404 g/mol. The molecule has 2 aromatic rings. The predicted octanol–water partition coefficient (Wildman–Crippen LogP) is 4.47. The van der Waals surface area contributed by atoms with E-state index in [-0.39, 0.29) is 11.5 Å². The van der Waals surface area contributed by atoms with Gasteiger partial charge in [0.1, 0.15) is 5.75 Å². The van der Waals surface area contributed by atoms with Crippen molar-refractivity contribution in [2.75, 3.05) is 18.4 Å². The van der Waals surface area contributed by atoms with Gasteiger partial charge >= 0.3 is 6.36 Å². The molecule has 1 aliphatic rings. The molecular formula is C21H19F3N2O3. The van der Waals surface area contributed by atoms with Gasteiger partial charge < -0.3 is 15.0 Å². The van der Waals surface area contributed by atoms with Gasteiger partial charge in [-0.3, -0.25) is 9.59 Å². The van der Waals surface area contributed by atoms with E-state index in [2.05, 4.69) is 10.1 Å². The summed E-state index contributed by atoms with van der Waals surface area (Å²) in [7, 11) is 0. The highest BCUT2D eigenvalue weighted by Crippen LogP contribution is 2.27. The van der Waals surface area contributed by atoms with Crippen LogP contribution >= 0.6 is 0 Å².